The van der Waals surface area contributed by atoms with Crippen molar-refractivity contribution in [3.63, 3.8) is 0 Å². The van der Waals surface area contributed by atoms with Crippen LogP contribution in [0.15, 0.2) is 29.6 Å². The van der Waals surface area contributed by atoms with Crippen molar-refractivity contribution in [2.45, 2.75) is 39.2 Å². The van der Waals surface area contributed by atoms with Gasteiger partial charge in [-0.25, -0.2) is 15.0 Å². The van der Waals surface area contributed by atoms with E-state index in [1.54, 1.807) is 0 Å². The first-order chi connectivity index (χ1) is 13.7. The smallest absolute Gasteiger partial charge is 0.253 e. The van der Waals surface area contributed by atoms with Crippen molar-refractivity contribution in [2.24, 2.45) is 0 Å². The van der Waals surface area contributed by atoms with Gasteiger partial charge in [0.05, 0.1) is 12.9 Å². The molecule has 1 amide bonds. The predicted octanol–water partition coefficient (Wildman–Crippen LogP) is 0.781. The maximum atomic E-state index is 12.0. The van der Waals surface area contributed by atoms with E-state index in [0.29, 0.717) is 24.5 Å². The minimum atomic E-state index is -0.270. The second-order valence-electron chi connectivity index (χ2n) is 6.66. The molecule has 1 saturated heterocycles. The van der Waals surface area contributed by atoms with Gasteiger partial charge in [0.15, 0.2) is 0 Å². The molecule has 1 aliphatic heterocycles. The second-order valence-corrected chi connectivity index (χ2v) is 6.66. The van der Waals surface area contributed by atoms with E-state index >= 15 is 0 Å². The molecular weight excluding hydrogens is 360 g/mol. The molecule has 2 aromatic heterocycles. The molecule has 1 fully saturated rings. The van der Waals surface area contributed by atoms with Gasteiger partial charge in [-0.2, -0.15) is 0 Å². The molecule has 3 rings (SSSR count). The number of nitrogens with zero attached hydrogens (tertiary/aromatic N) is 5. The molecule has 3 heterocycles. The highest BCUT2D eigenvalue weighted by Crippen LogP contribution is 2.19. The van der Waals surface area contributed by atoms with Gasteiger partial charge in [0.1, 0.15) is 25.3 Å². The third-order valence-electron chi connectivity index (χ3n) is 4.59. The molecule has 0 unspecified atom stereocenters. The van der Waals surface area contributed by atoms with Crippen molar-refractivity contribution in [3.05, 3.63) is 40.8 Å². The van der Waals surface area contributed by atoms with Crippen LogP contribution in [0.4, 0.5) is 5.82 Å². The maximum Gasteiger partial charge on any atom is 0.253 e. The number of carbonyl (C=O) groups is 1. The number of anilines is 1. The highest BCUT2D eigenvalue weighted by molar-refractivity contribution is 5.75. The summed E-state index contributed by atoms with van der Waals surface area (Å²) in [5.74, 6) is 1.09. The monoisotopic (exact) mass is 386 g/mol. The molecule has 2 aromatic rings. The van der Waals surface area contributed by atoms with Gasteiger partial charge >= 0.3 is 0 Å². The largest absolute Gasteiger partial charge is 0.476 e. The van der Waals surface area contributed by atoms with Crippen molar-refractivity contribution < 1.29 is 9.53 Å². The van der Waals surface area contributed by atoms with Gasteiger partial charge in [-0.3, -0.25) is 14.2 Å². The number of aryl methyl sites for hydroxylation is 1. The number of amides is 1. The second kappa shape index (κ2) is 9.82. The van der Waals surface area contributed by atoms with E-state index in [1.807, 2.05) is 13.0 Å². The van der Waals surface area contributed by atoms with Gasteiger partial charge < -0.3 is 15.0 Å². The van der Waals surface area contributed by atoms with Gasteiger partial charge in [-0.15, -0.1) is 0 Å². The quantitative estimate of drug-likeness (QED) is 0.669. The molecule has 0 aromatic carbocycles. The molecular formula is C19H26N6O3. The summed E-state index contributed by atoms with van der Waals surface area (Å²) in [5.41, 5.74) is 0.480. The number of hydrogen-bond donors (Lipinski definition) is 1. The summed E-state index contributed by atoms with van der Waals surface area (Å²) < 4.78 is 6.90. The molecule has 150 valence electrons. The minimum absolute atomic E-state index is 0.0670. The number of piperidine rings is 1. The molecule has 9 heteroatoms. The lowest BCUT2D eigenvalue weighted by atomic mass is 10.1. The predicted molar refractivity (Wildman–Crippen MR) is 104 cm³/mol. The molecule has 0 radical (unpaired) electrons. The third kappa shape index (κ3) is 5.51. The number of rotatable bonds is 8. The van der Waals surface area contributed by atoms with Gasteiger partial charge in [0, 0.05) is 30.9 Å². The zero-order valence-electron chi connectivity index (χ0n) is 16.1. The molecule has 0 aliphatic carbocycles. The van der Waals surface area contributed by atoms with Gasteiger partial charge in [-0.1, -0.05) is 6.92 Å². The summed E-state index contributed by atoms with van der Waals surface area (Å²) in [5, 5.41) is 2.73. The Morgan fingerprint density at radius 2 is 2.00 bits per heavy atom. The lowest BCUT2D eigenvalue weighted by Crippen LogP contribution is -2.34. The van der Waals surface area contributed by atoms with Crippen LogP contribution in [-0.4, -0.2) is 51.7 Å². The van der Waals surface area contributed by atoms with Gasteiger partial charge in [-0.05, 0) is 25.7 Å². The van der Waals surface area contributed by atoms with E-state index in [2.05, 4.69) is 25.2 Å². The van der Waals surface area contributed by atoms with Crippen molar-refractivity contribution in [1.82, 2.24) is 24.8 Å². The van der Waals surface area contributed by atoms with Crippen LogP contribution in [0.1, 0.15) is 31.9 Å². The Morgan fingerprint density at radius 3 is 2.75 bits per heavy atom. The van der Waals surface area contributed by atoms with Crippen LogP contribution in [0.3, 0.4) is 0 Å². The zero-order chi connectivity index (χ0) is 19.8. The first-order valence-electron chi connectivity index (χ1n) is 9.67. The molecule has 28 heavy (non-hydrogen) atoms. The average Bonchev–Trinajstić information content (AvgIpc) is 2.73. The standard InChI is InChI=1S/C19H26N6O3/c1-2-15-10-19(27)25(14-23-15)12-17(26)20-6-9-28-18-11-16(21-13-22-18)24-7-4-3-5-8-24/h10-11,13-14H,2-9,12H2,1H3,(H,20,26). The van der Waals surface area contributed by atoms with E-state index in [9.17, 15) is 9.59 Å². The molecule has 0 bridgehead atoms. The Balaban J connectivity index is 1.43. The Hall–Kier alpha value is -2.97. The number of hydrogen-bond acceptors (Lipinski definition) is 7. The van der Waals surface area contributed by atoms with Crippen LogP contribution in [0.5, 0.6) is 5.88 Å². The van der Waals surface area contributed by atoms with Crippen molar-refractivity contribution in [3.8, 4) is 5.88 Å². The highest BCUT2D eigenvalue weighted by atomic mass is 16.5. The summed E-state index contributed by atoms with van der Waals surface area (Å²) in [6, 6.07) is 3.28. The first-order valence-corrected chi connectivity index (χ1v) is 9.67. The normalized spacial score (nSPS) is 14.0. The SMILES string of the molecule is CCc1cc(=O)n(CC(=O)NCCOc2cc(N3CCCCC3)ncn2)cn1. The number of nitrogens with one attached hydrogen (secondary N) is 1. The van der Waals surface area contributed by atoms with E-state index in [1.165, 1.54) is 42.6 Å². The molecule has 1 aliphatic rings. The van der Waals surface area contributed by atoms with Crippen molar-refractivity contribution >= 4 is 11.7 Å². The summed E-state index contributed by atoms with van der Waals surface area (Å²) in [7, 11) is 0. The summed E-state index contributed by atoms with van der Waals surface area (Å²) in [6.07, 6.45) is 7.19. The first kappa shape index (κ1) is 19.8. The van der Waals surface area contributed by atoms with Crippen LogP contribution in [0, 0.1) is 0 Å². The van der Waals surface area contributed by atoms with E-state index in [4.69, 9.17) is 4.74 Å². The van der Waals surface area contributed by atoms with Crippen LogP contribution in [-0.2, 0) is 17.8 Å². The zero-order valence-corrected chi connectivity index (χ0v) is 16.1. The van der Waals surface area contributed by atoms with E-state index in [-0.39, 0.29) is 24.6 Å². The number of carbonyl (C=O) groups excluding carboxylic acids is 1. The Kier molecular flexibility index (Phi) is 6.94. The summed E-state index contributed by atoms with van der Waals surface area (Å²) in [6.45, 7) is 4.45. The van der Waals surface area contributed by atoms with Gasteiger partial charge in [0.2, 0.25) is 11.8 Å². The minimum Gasteiger partial charge on any atom is -0.476 e. The lowest BCUT2D eigenvalue weighted by Gasteiger charge is -2.27. The van der Waals surface area contributed by atoms with Crippen LogP contribution in [0.2, 0.25) is 0 Å². The fourth-order valence-electron chi connectivity index (χ4n) is 3.04. The van der Waals surface area contributed by atoms with Crippen molar-refractivity contribution in [2.75, 3.05) is 31.1 Å². The van der Waals surface area contributed by atoms with Crippen molar-refractivity contribution in [1.29, 1.82) is 0 Å². The van der Waals surface area contributed by atoms with E-state index in [0.717, 1.165) is 18.9 Å². The fraction of sp³-hybridized carbons (Fsp3) is 0.526. The molecule has 0 saturated carbocycles. The van der Waals surface area contributed by atoms with Crippen LogP contribution < -0.4 is 20.5 Å². The molecule has 0 atom stereocenters. The third-order valence-corrected chi connectivity index (χ3v) is 4.59. The molecule has 1 N–H and O–H groups in total. The Labute approximate surface area is 163 Å². The molecule has 0 spiro atoms. The Bertz CT molecular complexity index is 848. The average molecular weight is 386 g/mol. The van der Waals surface area contributed by atoms with Crippen LogP contribution >= 0.6 is 0 Å². The lowest BCUT2D eigenvalue weighted by molar-refractivity contribution is -0.121. The highest BCUT2D eigenvalue weighted by Gasteiger charge is 2.13. The Morgan fingerprint density at radius 1 is 1.18 bits per heavy atom. The number of aromatic nitrogens is 4. The number of ether oxygens (including phenoxy) is 1. The van der Waals surface area contributed by atoms with Crippen LogP contribution in [0.25, 0.3) is 0 Å². The fourth-order valence-corrected chi connectivity index (χ4v) is 3.04. The summed E-state index contributed by atoms with van der Waals surface area (Å²) >= 11 is 0. The summed E-state index contributed by atoms with van der Waals surface area (Å²) in [4.78, 5) is 38.7. The van der Waals surface area contributed by atoms with Gasteiger partial charge in [0.25, 0.3) is 5.56 Å². The topological polar surface area (TPSA) is 102 Å². The molecule has 9 nitrogen and oxygen atoms in total. The van der Waals surface area contributed by atoms with E-state index < -0.39 is 0 Å². The maximum absolute atomic E-state index is 12.0.